The van der Waals surface area contributed by atoms with Gasteiger partial charge in [-0.2, -0.15) is 16.1 Å². The van der Waals surface area contributed by atoms with Gasteiger partial charge in [-0.3, -0.25) is 4.79 Å². The number of rotatable bonds is 3. The van der Waals surface area contributed by atoms with E-state index in [1.165, 1.54) is 16.6 Å². The molecule has 25 heavy (non-hydrogen) atoms. The van der Waals surface area contributed by atoms with Gasteiger partial charge in [0.1, 0.15) is 10.6 Å². The number of sulfonamides is 1. The van der Waals surface area contributed by atoms with Crippen LogP contribution in [0.1, 0.15) is 29.8 Å². The van der Waals surface area contributed by atoms with E-state index in [0.717, 1.165) is 43.9 Å². The summed E-state index contributed by atoms with van der Waals surface area (Å²) in [4.78, 5) is 18.1. The third kappa shape index (κ3) is 3.22. The highest BCUT2D eigenvalue weighted by Gasteiger charge is 2.39. The van der Waals surface area contributed by atoms with Crippen molar-refractivity contribution in [2.24, 2.45) is 0 Å². The van der Waals surface area contributed by atoms with E-state index in [-0.39, 0.29) is 22.9 Å². The first kappa shape index (κ1) is 17.4. The van der Waals surface area contributed by atoms with E-state index >= 15 is 0 Å². The molecule has 0 aliphatic carbocycles. The summed E-state index contributed by atoms with van der Waals surface area (Å²) in [7, 11) is -3.52. The van der Waals surface area contributed by atoms with Crippen LogP contribution in [0.4, 0.5) is 0 Å². The van der Waals surface area contributed by atoms with E-state index in [2.05, 4.69) is 10.3 Å². The van der Waals surface area contributed by atoms with Gasteiger partial charge in [0.2, 0.25) is 10.0 Å². The van der Waals surface area contributed by atoms with E-state index in [1.807, 2.05) is 4.90 Å². The molecule has 3 aliphatic rings. The summed E-state index contributed by atoms with van der Waals surface area (Å²) < 4.78 is 27.0. The normalized spacial score (nSPS) is 28.1. The molecule has 4 rings (SSSR count). The molecular formula is C16H24N4O3S2. The Balaban J connectivity index is 1.55. The van der Waals surface area contributed by atoms with E-state index in [9.17, 15) is 13.2 Å². The first-order chi connectivity index (χ1) is 12.1. The lowest BCUT2D eigenvalue weighted by Gasteiger charge is -2.27. The van der Waals surface area contributed by atoms with Crippen molar-refractivity contribution in [3.63, 3.8) is 0 Å². The minimum atomic E-state index is -3.52. The molecule has 3 saturated heterocycles. The quantitative estimate of drug-likeness (QED) is 0.802. The van der Waals surface area contributed by atoms with E-state index < -0.39 is 10.0 Å². The number of H-pyrrole nitrogens is 1. The number of amides is 1. The summed E-state index contributed by atoms with van der Waals surface area (Å²) in [6.45, 7) is 2.81. The van der Waals surface area contributed by atoms with Gasteiger partial charge in [0, 0.05) is 49.4 Å². The SMILES string of the molecule is O=C(c1cc(S(=O)(=O)N2CCSCC2)c[nH]1)N1C2CCNCC1CC2. The average Bonchev–Trinajstić information content (AvgIpc) is 3.19. The molecular weight excluding hydrogens is 360 g/mol. The number of carbonyl (C=O) groups is 1. The smallest absolute Gasteiger partial charge is 0.270 e. The van der Waals surface area contributed by atoms with Crippen LogP contribution in [0.15, 0.2) is 17.2 Å². The van der Waals surface area contributed by atoms with E-state index in [4.69, 9.17) is 0 Å². The highest BCUT2D eigenvalue weighted by molar-refractivity contribution is 7.99. The molecule has 2 bridgehead atoms. The number of carbonyl (C=O) groups excluding carboxylic acids is 1. The predicted octanol–water partition coefficient (Wildman–Crippen LogP) is 0.719. The van der Waals surface area contributed by atoms with Crippen LogP contribution in [0.25, 0.3) is 0 Å². The minimum Gasteiger partial charge on any atom is -0.356 e. The van der Waals surface area contributed by atoms with Crippen LogP contribution in [-0.2, 0) is 10.0 Å². The van der Waals surface area contributed by atoms with E-state index in [0.29, 0.717) is 18.8 Å². The number of nitrogens with one attached hydrogen (secondary N) is 2. The Bertz CT molecular complexity index is 728. The summed E-state index contributed by atoms with van der Waals surface area (Å²) in [6, 6.07) is 1.98. The van der Waals surface area contributed by atoms with Gasteiger partial charge in [-0.05, 0) is 31.9 Å². The standard InChI is InChI=1S/C16H24N4O3S2/c21-16(20-12-1-2-13(20)10-17-4-3-12)15-9-14(11-18-15)25(22,23)19-5-7-24-8-6-19/h9,11-13,17-18H,1-8,10H2. The van der Waals surface area contributed by atoms with Crippen molar-refractivity contribution in [2.45, 2.75) is 36.2 Å². The lowest BCUT2D eigenvalue weighted by Crippen LogP contribution is -2.42. The van der Waals surface area contributed by atoms with E-state index in [1.54, 1.807) is 11.8 Å². The summed E-state index contributed by atoms with van der Waals surface area (Å²) >= 11 is 1.77. The fourth-order valence-corrected chi connectivity index (χ4v) is 6.61. The van der Waals surface area contributed by atoms with Crippen LogP contribution in [0.5, 0.6) is 0 Å². The van der Waals surface area contributed by atoms with Gasteiger partial charge in [-0.1, -0.05) is 0 Å². The molecule has 2 atom stereocenters. The highest BCUT2D eigenvalue weighted by atomic mass is 32.2. The number of hydrogen-bond donors (Lipinski definition) is 2. The maximum Gasteiger partial charge on any atom is 0.270 e. The molecule has 1 aromatic rings. The van der Waals surface area contributed by atoms with Crippen LogP contribution < -0.4 is 5.32 Å². The van der Waals surface area contributed by atoms with Crippen LogP contribution in [0.2, 0.25) is 0 Å². The highest BCUT2D eigenvalue weighted by Crippen LogP contribution is 2.30. The zero-order valence-corrected chi connectivity index (χ0v) is 15.7. The zero-order chi connectivity index (χ0) is 17.4. The maximum absolute atomic E-state index is 13.0. The summed E-state index contributed by atoms with van der Waals surface area (Å²) in [5.74, 6) is 1.56. The second-order valence-electron chi connectivity index (χ2n) is 6.86. The first-order valence-corrected chi connectivity index (χ1v) is 11.5. The Morgan fingerprint density at radius 3 is 2.72 bits per heavy atom. The molecule has 2 N–H and O–H groups in total. The number of aromatic amines is 1. The maximum atomic E-state index is 13.0. The summed E-state index contributed by atoms with van der Waals surface area (Å²) in [5, 5.41) is 3.38. The third-order valence-electron chi connectivity index (χ3n) is 5.38. The number of thioether (sulfide) groups is 1. The largest absolute Gasteiger partial charge is 0.356 e. The topological polar surface area (TPSA) is 85.5 Å². The number of aromatic nitrogens is 1. The Kier molecular flexibility index (Phi) is 4.83. The van der Waals surface area contributed by atoms with Gasteiger partial charge >= 0.3 is 0 Å². The Morgan fingerprint density at radius 2 is 1.92 bits per heavy atom. The van der Waals surface area contributed by atoms with Crippen LogP contribution >= 0.6 is 11.8 Å². The molecule has 0 radical (unpaired) electrons. The zero-order valence-electron chi connectivity index (χ0n) is 14.1. The van der Waals surface area contributed by atoms with Crippen LogP contribution in [-0.4, -0.2) is 78.3 Å². The fourth-order valence-electron chi connectivity index (χ4n) is 4.04. The van der Waals surface area contributed by atoms with Crippen molar-refractivity contribution in [3.05, 3.63) is 18.0 Å². The van der Waals surface area contributed by atoms with Gasteiger partial charge in [0.25, 0.3) is 5.91 Å². The molecule has 9 heteroatoms. The Hall–Kier alpha value is -1.03. The molecule has 1 amide bonds. The lowest BCUT2D eigenvalue weighted by atomic mass is 10.1. The molecule has 7 nitrogen and oxygen atoms in total. The summed E-state index contributed by atoms with van der Waals surface area (Å²) in [6.07, 6.45) is 4.47. The molecule has 138 valence electrons. The van der Waals surface area contributed by atoms with Crippen LogP contribution in [0.3, 0.4) is 0 Å². The minimum absolute atomic E-state index is 0.0770. The number of fused-ring (bicyclic) bond motifs is 2. The molecule has 0 aromatic carbocycles. The molecule has 1 aromatic heterocycles. The predicted molar refractivity (Wildman–Crippen MR) is 97.3 cm³/mol. The van der Waals surface area contributed by atoms with Gasteiger partial charge < -0.3 is 15.2 Å². The molecule has 3 aliphatic heterocycles. The second-order valence-corrected chi connectivity index (χ2v) is 10.0. The third-order valence-corrected chi connectivity index (χ3v) is 8.20. The second kappa shape index (κ2) is 6.94. The Morgan fingerprint density at radius 1 is 1.16 bits per heavy atom. The van der Waals surface area contributed by atoms with Crippen molar-refractivity contribution in [3.8, 4) is 0 Å². The molecule has 0 saturated carbocycles. The van der Waals surface area contributed by atoms with Crippen molar-refractivity contribution < 1.29 is 13.2 Å². The lowest BCUT2D eigenvalue weighted by molar-refractivity contribution is 0.0675. The number of nitrogens with zero attached hydrogens (tertiary/aromatic N) is 2. The average molecular weight is 385 g/mol. The fraction of sp³-hybridized carbons (Fsp3) is 0.688. The summed E-state index contributed by atoms with van der Waals surface area (Å²) in [5.41, 5.74) is 0.378. The van der Waals surface area contributed by atoms with Crippen molar-refractivity contribution in [1.82, 2.24) is 19.5 Å². The Labute approximate surface area is 152 Å². The van der Waals surface area contributed by atoms with Crippen molar-refractivity contribution in [1.29, 1.82) is 0 Å². The molecule has 4 heterocycles. The van der Waals surface area contributed by atoms with Gasteiger partial charge in [0.05, 0.1) is 0 Å². The van der Waals surface area contributed by atoms with Gasteiger partial charge in [0.15, 0.2) is 0 Å². The van der Waals surface area contributed by atoms with Gasteiger partial charge in [-0.25, -0.2) is 8.42 Å². The first-order valence-electron chi connectivity index (χ1n) is 8.87. The molecule has 2 unspecified atom stereocenters. The van der Waals surface area contributed by atoms with Gasteiger partial charge in [-0.15, -0.1) is 0 Å². The molecule has 0 spiro atoms. The van der Waals surface area contributed by atoms with Crippen molar-refractivity contribution >= 4 is 27.7 Å². The molecule has 3 fully saturated rings. The van der Waals surface area contributed by atoms with Crippen molar-refractivity contribution in [2.75, 3.05) is 37.7 Å². The monoisotopic (exact) mass is 384 g/mol. The number of hydrogen-bond acceptors (Lipinski definition) is 5. The van der Waals surface area contributed by atoms with Crippen LogP contribution in [0, 0.1) is 0 Å².